The van der Waals surface area contributed by atoms with Crippen LogP contribution in [0.5, 0.6) is 0 Å². The van der Waals surface area contributed by atoms with E-state index in [1.165, 1.54) is 87.6 Å². The second-order valence-corrected chi connectivity index (χ2v) is 12.1. The average molecular weight is 583 g/mol. The van der Waals surface area contributed by atoms with Crippen LogP contribution in [0.15, 0.2) is 182 Å². The van der Waals surface area contributed by atoms with Crippen LogP contribution in [0, 0.1) is 0 Å². The van der Waals surface area contributed by atoms with Gasteiger partial charge in [0.1, 0.15) is 0 Å². The summed E-state index contributed by atoms with van der Waals surface area (Å²) in [6.07, 6.45) is 0. The third-order valence-corrected chi connectivity index (χ3v) is 9.46. The van der Waals surface area contributed by atoms with E-state index in [1.807, 2.05) is 0 Å². The molecular formula is C46H30. The highest BCUT2D eigenvalue weighted by atomic mass is 14.2. The minimum atomic E-state index is 1.22. The molecule has 0 spiro atoms. The van der Waals surface area contributed by atoms with Crippen LogP contribution in [-0.2, 0) is 0 Å². The van der Waals surface area contributed by atoms with Crippen molar-refractivity contribution in [2.24, 2.45) is 0 Å². The Labute approximate surface area is 268 Å². The molecule has 0 heterocycles. The summed E-state index contributed by atoms with van der Waals surface area (Å²) in [4.78, 5) is 0. The minimum Gasteiger partial charge on any atom is -0.0622 e. The van der Waals surface area contributed by atoms with E-state index in [4.69, 9.17) is 0 Å². The van der Waals surface area contributed by atoms with Gasteiger partial charge in [-0.2, -0.15) is 0 Å². The van der Waals surface area contributed by atoms with Gasteiger partial charge >= 0.3 is 0 Å². The van der Waals surface area contributed by atoms with Crippen molar-refractivity contribution >= 4 is 43.1 Å². The molecule has 214 valence electrons. The molecule has 9 aromatic rings. The third kappa shape index (κ3) is 4.30. The molecule has 9 aromatic carbocycles. The van der Waals surface area contributed by atoms with Crippen LogP contribution in [0.3, 0.4) is 0 Å². The van der Waals surface area contributed by atoms with Crippen LogP contribution in [0.1, 0.15) is 0 Å². The maximum absolute atomic E-state index is 2.34. The van der Waals surface area contributed by atoms with E-state index in [2.05, 4.69) is 182 Å². The van der Waals surface area contributed by atoms with Crippen molar-refractivity contribution in [2.45, 2.75) is 0 Å². The minimum absolute atomic E-state index is 1.22. The van der Waals surface area contributed by atoms with Gasteiger partial charge in [0.05, 0.1) is 0 Å². The van der Waals surface area contributed by atoms with E-state index in [0.29, 0.717) is 0 Å². The van der Waals surface area contributed by atoms with Crippen molar-refractivity contribution < 1.29 is 0 Å². The maximum Gasteiger partial charge on any atom is -0.00262 e. The summed E-state index contributed by atoms with van der Waals surface area (Å²) in [6, 6.07) is 66.5. The van der Waals surface area contributed by atoms with Gasteiger partial charge in [-0.1, -0.05) is 176 Å². The molecule has 0 nitrogen and oxygen atoms in total. The Bertz CT molecular complexity index is 2500. The number of rotatable bonds is 4. The van der Waals surface area contributed by atoms with Crippen LogP contribution in [0.2, 0.25) is 0 Å². The fourth-order valence-corrected chi connectivity index (χ4v) is 7.33. The van der Waals surface area contributed by atoms with E-state index in [1.54, 1.807) is 0 Å². The molecule has 0 aliphatic heterocycles. The molecule has 0 bridgehead atoms. The van der Waals surface area contributed by atoms with Gasteiger partial charge < -0.3 is 0 Å². The number of fused-ring (bicyclic) bond motifs is 4. The fraction of sp³-hybridized carbons (Fsp3) is 0. The van der Waals surface area contributed by atoms with E-state index in [0.717, 1.165) is 0 Å². The normalized spacial score (nSPS) is 11.5. The molecule has 0 aliphatic rings. The highest BCUT2D eigenvalue weighted by molar-refractivity contribution is 6.21. The molecule has 0 aliphatic carbocycles. The highest BCUT2D eigenvalue weighted by Gasteiger charge is 2.17. The van der Waals surface area contributed by atoms with Gasteiger partial charge in [-0.3, -0.25) is 0 Å². The third-order valence-electron chi connectivity index (χ3n) is 9.46. The van der Waals surface area contributed by atoms with Gasteiger partial charge in [-0.05, 0) is 93.7 Å². The molecule has 0 heteroatoms. The summed E-state index contributed by atoms with van der Waals surface area (Å²) >= 11 is 0. The van der Waals surface area contributed by atoms with E-state index in [9.17, 15) is 0 Å². The standard InChI is InChI=1S/C46H30/c1-2-13-32(14-3-1)37-28-29-38(40-17-7-6-16-39(37)40)33-23-25-34(26-24-33)45-41-18-8-10-20-43(41)46(44-21-11-9-19-42(44)45)36-27-22-31-12-4-5-15-35(31)30-36/h1-30H. The lowest BCUT2D eigenvalue weighted by Gasteiger charge is -2.18. The summed E-state index contributed by atoms with van der Waals surface area (Å²) in [5.74, 6) is 0. The smallest absolute Gasteiger partial charge is 0.00262 e. The van der Waals surface area contributed by atoms with Crippen molar-refractivity contribution in [2.75, 3.05) is 0 Å². The summed E-state index contributed by atoms with van der Waals surface area (Å²) in [5, 5.41) is 10.2. The summed E-state index contributed by atoms with van der Waals surface area (Å²) in [7, 11) is 0. The lowest BCUT2D eigenvalue weighted by Crippen LogP contribution is -1.91. The molecule has 0 aromatic heterocycles. The van der Waals surface area contributed by atoms with Gasteiger partial charge in [-0.15, -0.1) is 0 Å². The predicted molar refractivity (Wildman–Crippen MR) is 198 cm³/mol. The van der Waals surface area contributed by atoms with Crippen LogP contribution in [-0.4, -0.2) is 0 Å². The van der Waals surface area contributed by atoms with Gasteiger partial charge in [0.15, 0.2) is 0 Å². The monoisotopic (exact) mass is 582 g/mol. The van der Waals surface area contributed by atoms with Crippen molar-refractivity contribution in [1.29, 1.82) is 0 Å². The first kappa shape index (κ1) is 26.4. The Kier molecular flexibility index (Phi) is 6.25. The second kappa shape index (κ2) is 10.9. The number of hydrogen-bond donors (Lipinski definition) is 0. The van der Waals surface area contributed by atoms with Crippen molar-refractivity contribution in [3.8, 4) is 44.5 Å². The lowest BCUT2D eigenvalue weighted by atomic mass is 9.85. The van der Waals surface area contributed by atoms with Crippen molar-refractivity contribution in [3.05, 3.63) is 182 Å². The fourth-order valence-electron chi connectivity index (χ4n) is 7.33. The average Bonchev–Trinajstić information content (AvgIpc) is 3.13. The first-order chi connectivity index (χ1) is 22.8. The zero-order valence-corrected chi connectivity index (χ0v) is 25.3. The SMILES string of the molecule is c1ccc(-c2ccc(-c3ccc(-c4c5ccccc5c(-c5ccc6ccccc6c5)c5ccccc45)cc3)c3ccccc23)cc1. The van der Waals surface area contributed by atoms with Crippen LogP contribution in [0.4, 0.5) is 0 Å². The van der Waals surface area contributed by atoms with E-state index in [-0.39, 0.29) is 0 Å². The Morgan fingerprint density at radius 1 is 0.217 bits per heavy atom. The summed E-state index contributed by atoms with van der Waals surface area (Å²) in [6.45, 7) is 0. The molecule has 0 radical (unpaired) electrons. The predicted octanol–water partition coefficient (Wildman–Crippen LogP) is 13.0. The quantitative estimate of drug-likeness (QED) is 0.181. The molecule has 0 saturated heterocycles. The summed E-state index contributed by atoms with van der Waals surface area (Å²) < 4.78 is 0. The molecule has 0 atom stereocenters. The first-order valence-electron chi connectivity index (χ1n) is 15.9. The second-order valence-electron chi connectivity index (χ2n) is 12.1. The van der Waals surface area contributed by atoms with Crippen LogP contribution < -0.4 is 0 Å². The van der Waals surface area contributed by atoms with Gasteiger partial charge in [0, 0.05) is 0 Å². The Hall–Kier alpha value is -5.98. The van der Waals surface area contributed by atoms with Crippen molar-refractivity contribution in [1.82, 2.24) is 0 Å². The van der Waals surface area contributed by atoms with E-state index < -0.39 is 0 Å². The van der Waals surface area contributed by atoms with Crippen molar-refractivity contribution in [3.63, 3.8) is 0 Å². The number of hydrogen-bond acceptors (Lipinski definition) is 0. The number of benzene rings is 9. The molecule has 0 N–H and O–H groups in total. The molecule has 46 heavy (non-hydrogen) atoms. The largest absolute Gasteiger partial charge is 0.0622 e. The highest BCUT2D eigenvalue weighted by Crippen LogP contribution is 2.44. The molecule has 0 amide bonds. The topological polar surface area (TPSA) is 0 Å². The molecule has 0 unspecified atom stereocenters. The Morgan fingerprint density at radius 3 is 1.17 bits per heavy atom. The molecule has 0 saturated carbocycles. The van der Waals surface area contributed by atoms with Crippen LogP contribution >= 0.6 is 0 Å². The van der Waals surface area contributed by atoms with Gasteiger partial charge in [-0.25, -0.2) is 0 Å². The Morgan fingerprint density at radius 2 is 0.609 bits per heavy atom. The molecular weight excluding hydrogens is 553 g/mol. The van der Waals surface area contributed by atoms with Crippen LogP contribution in [0.25, 0.3) is 87.6 Å². The van der Waals surface area contributed by atoms with E-state index >= 15 is 0 Å². The lowest BCUT2D eigenvalue weighted by molar-refractivity contribution is 1.62. The maximum atomic E-state index is 2.34. The first-order valence-corrected chi connectivity index (χ1v) is 15.9. The summed E-state index contributed by atoms with van der Waals surface area (Å²) in [5.41, 5.74) is 10.0. The van der Waals surface area contributed by atoms with Gasteiger partial charge in [0.2, 0.25) is 0 Å². The Balaban J connectivity index is 1.22. The van der Waals surface area contributed by atoms with Gasteiger partial charge in [0.25, 0.3) is 0 Å². The molecule has 0 fully saturated rings. The zero-order valence-electron chi connectivity index (χ0n) is 25.3. The molecule has 9 rings (SSSR count). The zero-order chi connectivity index (χ0) is 30.5.